The van der Waals surface area contributed by atoms with Crippen LogP contribution in [0.25, 0.3) is 0 Å². The lowest BCUT2D eigenvalue weighted by Crippen LogP contribution is -2.34. The van der Waals surface area contributed by atoms with Crippen LogP contribution in [-0.4, -0.2) is 40.6 Å². The van der Waals surface area contributed by atoms with Crippen molar-refractivity contribution in [1.29, 1.82) is 0 Å². The first-order valence-corrected chi connectivity index (χ1v) is 10.2. The predicted molar refractivity (Wildman–Crippen MR) is 98.3 cm³/mol. The van der Waals surface area contributed by atoms with E-state index in [1.165, 1.54) is 0 Å². The highest BCUT2D eigenvalue weighted by atomic mass is 32.2. The summed E-state index contributed by atoms with van der Waals surface area (Å²) in [7, 11) is 0.225. The van der Waals surface area contributed by atoms with E-state index in [1.54, 1.807) is 23.5 Å². The molecule has 0 saturated heterocycles. The minimum Gasteiger partial charge on any atom is -0.492 e. The third-order valence-corrected chi connectivity index (χ3v) is 5.85. The Hall–Kier alpha value is -1.41. The van der Waals surface area contributed by atoms with Gasteiger partial charge in [-0.15, -0.1) is 0 Å². The molecule has 1 N–H and O–H groups in total. The van der Waals surface area contributed by atoms with Crippen LogP contribution in [0.3, 0.4) is 0 Å². The zero-order valence-electron chi connectivity index (χ0n) is 14.4. The van der Waals surface area contributed by atoms with Gasteiger partial charge in [0.1, 0.15) is 10.6 Å². The molecule has 2 rings (SSSR count). The lowest BCUT2D eigenvalue weighted by atomic mass is 10.1. The van der Waals surface area contributed by atoms with Crippen LogP contribution in [0.1, 0.15) is 24.1 Å². The van der Waals surface area contributed by atoms with Gasteiger partial charge in [0.15, 0.2) is 0 Å². The standard InChI is InChI=1S/C17H24N2O3S2/c1-5-22-16-7-6-13(2)10-17(16)24(20,21)18-11-15(19(3)4)14-8-9-23-12-14/h6-10,12,15,18H,5,11H2,1-4H3. The zero-order chi connectivity index (χ0) is 17.7. The van der Waals surface area contributed by atoms with Crippen LogP contribution >= 0.6 is 11.3 Å². The molecular formula is C17H24N2O3S2. The van der Waals surface area contributed by atoms with Crippen molar-refractivity contribution >= 4 is 21.4 Å². The summed E-state index contributed by atoms with van der Waals surface area (Å²) in [6.07, 6.45) is 0. The molecule has 0 fully saturated rings. The molecule has 5 nitrogen and oxygen atoms in total. The number of hydrogen-bond acceptors (Lipinski definition) is 5. The molecule has 1 aromatic heterocycles. The normalized spacial score (nSPS) is 13.2. The van der Waals surface area contributed by atoms with Gasteiger partial charge in [0.25, 0.3) is 0 Å². The molecule has 0 aliphatic carbocycles. The van der Waals surface area contributed by atoms with E-state index >= 15 is 0 Å². The Morgan fingerprint density at radius 1 is 1.29 bits per heavy atom. The molecule has 2 aromatic rings. The number of sulfonamides is 1. The van der Waals surface area contributed by atoms with Crippen molar-refractivity contribution in [3.63, 3.8) is 0 Å². The fourth-order valence-electron chi connectivity index (χ4n) is 2.43. The van der Waals surface area contributed by atoms with E-state index in [-0.39, 0.29) is 10.9 Å². The largest absolute Gasteiger partial charge is 0.492 e. The van der Waals surface area contributed by atoms with Gasteiger partial charge in [0, 0.05) is 12.6 Å². The van der Waals surface area contributed by atoms with Crippen LogP contribution in [0.5, 0.6) is 5.75 Å². The fourth-order valence-corrected chi connectivity index (χ4v) is 4.40. The first-order valence-electron chi connectivity index (χ1n) is 7.76. The number of thiophene rings is 1. The Balaban J connectivity index is 2.23. The second kappa shape index (κ2) is 8.11. The quantitative estimate of drug-likeness (QED) is 0.778. The molecule has 0 saturated carbocycles. The Bertz CT molecular complexity index is 756. The maximum absolute atomic E-state index is 12.8. The number of likely N-dealkylation sites (N-methyl/N-ethyl adjacent to an activating group) is 1. The van der Waals surface area contributed by atoms with Crippen LogP contribution in [0, 0.1) is 6.92 Å². The average Bonchev–Trinajstić information content (AvgIpc) is 3.03. The molecule has 0 aliphatic heterocycles. The van der Waals surface area contributed by atoms with E-state index in [1.807, 2.05) is 55.7 Å². The first kappa shape index (κ1) is 18.9. The van der Waals surface area contributed by atoms with Gasteiger partial charge in [-0.3, -0.25) is 0 Å². The first-order chi connectivity index (χ1) is 11.3. The second-order valence-electron chi connectivity index (χ2n) is 5.77. The summed E-state index contributed by atoms with van der Waals surface area (Å²) in [6, 6.07) is 7.18. The number of benzene rings is 1. The van der Waals surface area contributed by atoms with Crippen molar-refractivity contribution < 1.29 is 13.2 Å². The van der Waals surface area contributed by atoms with Crippen LogP contribution in [-0.2, 0) is 10.0 Å². The zero-order valence-corrected chi connectivity index (χ0v) is 16.1. The van der Waals surface area contributed by atoms with Gasteiger partial charge in [0.05, 0.1) is 6.61 Å². The molecule has 7 heteroatoms. The summed E-state index contributed by atoms with van der Waals surface area (Å²) in [5.41, 5.74) is 1.97. The molecule has 0 spiro atoms. The Morgan fingerprint density at radius 3 is 2.62 bits per heavy atom. The molecule has 0 aliphatic rings. The summed E-state index contributed by atoms with van der Waals surface area (Å²) in [5, 5.41) is 4.03. The van der Waals surface area contributed by atoms with E-state index in [0.717, 1.165) is 11.1 Å². The van der Waals surface area contributed by atoms with Crippen molar-refractivity contribution in [2.45, 2.75) is 24.8 Å². The van der Waals surface area contributed by atoms with Crippen molar-refractivity contribution in [3.05, 3.63) is 46.2 Å². The third-order valence-electron chi connectivity index (χ3n) is 3.71. The van der Waals surface area contributed by atoms with E-state index in [0.29, 0.717) is 18.9 Å². The van der Waals surface area contributed by atoms with Gasteiger partial charge >= 0.3 is 0 Å². The molecule has 1 heterocycles. The number of ether oxygens (including phenoxy) is 1. The molecule has 24 heavy (non-hydrogen) atoms. The molecule has 1 aromatic carbocycles. The number of rotatable bonds is 8. The van der Waals surface area contributed by atoms with E-state index in [2.05, 4.69) is 4.72 Å². The van der Waals surface area contributed by atoms with Gasteiger partial charge < -0.3 is 9.64 Å². The highest BCUT2D eigenvalue weighted by Crippen LogP contribution is 2.26. The molecule has 1 unspecified atom stereocenters. The molecular weight excluding hydrogens is 344 g/mol. The Labute approximate surface area is 148 Å². The highest BCUT2D eigenvalue weighted by molar-refractivity contribution is 7.89. The minimum absolute atomic E-state index is 0.0219. The summed E-state index contributed by atoms with van der Waals surface area (Å²) >= 11 is 1.60. The summed E-state index contributed by atoms with van der Waals surface area (Å²) in [4.78, 5) is 2.19. The van der Waals surface area contributed by atoms with Gasteiger partial charge in [-0.1, -0.05) is 6.07 Å². The monoisotopic (exact) mass is 368 g/mol. The Morgan fingerprint density at radius 2 is 2.04 bits per heavy atom. The SMILES string of the molecule is CCOc1ccc(C)cc1S(=O)(=O)NCC(c1ccsc1)N(C)C. The van der Waals surface area contributed by atoms with Crippen LogP contribution in [0.15, 0.2) is 39.9 Å². The van der Waals surface area contributed by atoms with Gasteiger partial charge in [-0.2, -0.15) is 11.3 Å². The van der Waals surface area contributed by atoms with E-state index in [9.17, 15) is 8.42 Å². The molecule has 0 amide bonds. The van der Waals surface area contributed by atoms with Gasteiger partial charge in [-0.05, 0) is 68.0 Å². The maximum Gasteiger partial charge on any atom is 0.244 e. The Kier molecular flexibility index (Phi) is 6.40. The summed E-state index contributed by atoms with van der Waals surface area (Å²) < 4.78 is 33.7. The van der Waals surface area contributed by atoms with Crippen LogP contribution < -0.4 is 9.46 Å². The van der Waals surface area contributed by atoms with Crippen LogP contribution in [0.4, 0.5) is 0 Å². The molecule has 1 atom stereocenters. The summed E-state index contributed by atoms with van der Waals surface area (Å²) in [6.45, 7) is 4.41. The highest BCUT2D eigenvalue weighted by Gasteiger charge is 2.23. The van der Waals surface area contributed by atoms with Crippen molar-refractivity contribution in [1.82, 2.24) is 9.62 Å². The third kappa shape index (κ3) is 4.57. The number of aryl methyl sites for hydroxylation is 1. The fraction of sp³-hybridized carbons (Fsp3) is 0.412. The number of hydrogen-bond donors (Lipinski definition) is 1. The van der Waals surface area contributed by atoms with E-state index in [4.69, 9.17) is 4.74 Å². The average molecular weight is 369 g/mol. The summed E-state index contributed by atoms with van der Waals surface area (Å²) in [5.74, 6) is 0.382. The second-order valence-corrected chi connectivity index (χ2v) is 8.29. The number of nitrogens with zero attached hydrogens (tertiary/aromatic N) is 1. The van der Waals surface area contributed by atoms with Crippen molar-refractivity contribution in [3.8, 4) is 5.75 Å². The smallest absolute Gasteiger partial charge is 0.244 e. The van der Waals surface area contributed by atoms with Gasteiger partial charge in [-0.25, -0.2) is 13.1 Å². The van der Waals surface area contributed by atoms with Crippen LogP contribution in [0.2, 0.25) is 0 Å². The van der Waals surface area contributed by atoms with Crippen molar-refractivity contribution in [2.75, 3.05) is 27.2 Å². The molecule has 132 valence electrons. The molecule has 0 radical (unpaired) electrons. The lowest BCUT2D eigenvalue weighted by molar-refractivity contribution is 0.299. The van der Waals surface area contributed by atoms with E-state index < -0.39 is 10.0 Å². The van der Waals surface area contributed by atoms with Crippen molar-refractivity contribution in [2.24, 2.45) is 0 Å². The molecule has 0 bridgehead atoms. The lowest BCUT2D eigenvalue weighted by Gasteiger charge is -2.24. The minimum atomic E-state index is -3.65. The number of nitrogens with one attached hydrogen (secondary N) is 1. The topological polar surface area (TPSA) is 58.6 Å². The maximum atomic E-state index is 12.8. The van der Waals surface area contributed by atoms with Gasteiger partial charge in [0.2, 0.25) is 10.0 Å². The predicted octanol–water partition coefficient (Wildman–Crippen LogP) is 3.04.